The number of hydrogen-bond donors (Lipinski definition) is 0. The molecule has 0 aliphatic heterocycles. The first kappa shape index (κ1) is 20.5. The van der Waals surface area contributed by atoms with E-state index < -0.39 is 0 Å². The van der Waals surface area contributed by atoms with E-state index in [1.54, 1.807) is 10.9 Å². The van der Waals surface area contributed by atoms with E-state index in [0.717, 1.165) is 20.3 Å². The third-order valence-corrected chi connectivity index (χ3v) is 10.4. The molecule has 0 radical (unpaired) electrons. The monoisotopic (exact) mass is 412 g/mol. The van der Waals surface area contributed by atoms with Gasteiger partial charge in [0.05, 0.1) is 0 Å². The molecular formula is C20H23Cl2PTi. The van der Waals surface area contributed by atoms with E-state index in [0.29, 0.717) is 0 Å². The second-order valence-electron chi connectivity index (χ2n) is 6.89. The van der Waals surface area contributed by atoms with E-state index in [2.05, 4.69) is 68.0 Å². The molecule has 4 rings (SSSR count). The van der Waals surface area contributed by atoms with E-state index in [1.807, 2.05) is 0 Å². The van der Waals surface area contributed by atoms with E-state index in [9.17, 15) is 0 Å². The number of fused-ring (bicyclic) bond motifs is 2. The summed E-state index contributed by atoms with van der Waals surface area (Å²) < 4.78 is 1.79. The molecule has 4 unspecified atom stereocenters. The normalized spacial score (nSPS) is 29.2. The first-order valence-corrected chi connectivity index (χ1v) is 12.4. The predicted octanol–water partition coefficient (Wildman–Crippen LogP) is -0.145. The van der Waals surface area contributed by atoms with Crippen LogP contribution in [0.4, 0.5) is 0 Å². The fourth-order valence-electron chi connectivity index (χ4n) is 4.23. The number of benzene rings is 1. The van der Waals surface area contributed by atoms with Crippen LogP contribution in [0.1, 0.15) is 28.2 Å². The summed E-state index contributed by atoms with van der Waals surface area (Å²) in [4.78, 5) is 0. The minimum absolute atomic E-state index is 0. The fourth-order valence-corrected chi connectivity index (χ4v) is 9.99. The second-order valence-corrected chi connectivity index (χ2v) is 11.8. The van der Waals surface area contributed by atoms with Crippen LogP contribution in [0.5, 0.6) is 0 Å². The molecule has 126 valence electrons. The topological polar surface area (TPSA) is 0 Å². The zero-order valence-electron chi connectivity index (χ0n) is 14.1. The molecule has 0 nitrogen and oxygen atoms in total. The summed E-state index contributed by atoms with van der Waals surface area (Å²) in [5, 5.41) is 1.77. The first-order chi connectivity index (χ1) is 10.7. The fraction of sp³-hybridized carbons (Fsp3) is 0.400. The van der Waals surface area contributed by atoms with Crippen molar-refractivity contribution in [3.8, 4) is 0 Å². The molecule has 1 fully saturated rings. The van der Waals surface area contributed by atoms with Crippen LogP contribution in [0.2, 0.25) is 4.22 Å². The van der Waals surface area contributed by atoms with Crippen molar-refractivity contribution in [3.05, 3.63) is 65.0 Å². The van der Waals surface area contributed by atoms with Crippen LogP contribution in [-0.4, -0.2) is 13.3 Å². The van der Waals surface area contributed by atoms with Crippen molar-refractivity contribution in [1.29, 1.82) is 0 Å². The van der Waals surface area contributed by atoms with Crippen molar-refractivity contribution in [3.63, 3.8) is 0 Å². The molecular weight excluding hydrogens is 390 g/mol. The summed E-state index contributed by atoms with van der Waals surface area (Å²) >= 11 is 0.0112. The maximum Gasteiger partial charge on any atom is -1.00 e. The SMILES string of the molecule is CP(C)C1=Cc2ccccc2[CH]1[Ti+2][CH]1CCC2C=CC=CC21.[Cl-].[Cl-]. The van der Waals surface area contributed by atoms with Gasteiger partial charge in [0.1, 0.15) is 0 Å². The van der Waals surface area contributed by atoms with Crippen molar-refractivity contribution in [2.45, 2.75) is 21.3 Å². The van der Waals surface area contributed by atoms with Gasteiger partial charge in [-0.1, -0.05) is 0 Å². The predicted molar refractivity (Wildman–Crippen MR) is 94.2 cm³/mol. The Hall–Kier alpha value is 0.164. The third kappa shape index (κ3) is 3.79. The summed E-state index contributed by atoms with van der Waals surface area (Å²) in [5.41, 5.74) is 3.16. The summed E-state index contributed by atoms with van der Waals surface area (Å²) in [6, 6.07) is 9.15. The molecule has 3 aliphatic carbocycles. The Balaban J connectivity index is 0.00000104. The molecule has 4 atom stereocenters. The van der Waals surface area contributed by atoms with Gasteiger partial charge in [0.15, 0.2) is 0 Å². The Kier molecular flexibility index (Phi) is 7.42. The second kappa shape index (κ2) is 8.70. The van der Waals surface area contributed by atoms with Gasteiger partial charge in [0.2, 0.25) is 0 Å². The van der Waals surface area contributed by atoms with Gasteiger partial charge in [-0.05, 0) is 0 Å². The number of hydrogen-bond acceptors (Lipinski definition) is 0. The maximum absolute atomic E-state index is 2.53. The zero-order valence-corrected chi connectivity index (χ0v) is 18.1. The van der Waals surface area contributed by atoms with Gasteiger partial charge >= 0.3 is 145 Å². The molecule has 0 heterocycles. The largest absolute Gasteiger partial charge is 1.00 e. The molecule has 4 heteroatoms. The standard InChI is InChI=1S/C11H12P.C9H11.2ClH.Ti/c1-12(2)11-7-9-5-3-4-6-10(9)8-11;1-2-5-9-7-3-6-8(9)4-1;;;/h3-8H,1-2H3;1-2,4-6,8-9H,3,7H2;2*1H;/q;;;;+2/p-2. The van der Waals surface area contributed by atoms with E-state index in [1.165, 1.54) is 18.4 Å². The molecule has 1 aromatic rings. The molecule has 0 aromatic heterocycles. The summed E-state index contributed by atoms with van der Waals surface area (Å²) in [5.74, 6) is 1.69. The van der Waals surface area contributed by atoms with Gasteiger partial charge in [-0.25, -0.2) is 0 Å². The van der Waals surface area contributed by atoms with Crippen molar-refractivity contribution < 1.29 is 44.0 Å². The summed E-state index contributed by atoms with van der Waals surface area (Å²) in [6.45, 7) is 4.87. The van der Waals surface area contributed by atoms with Crippen molar-refractivity contribution in [2.75, 3.05) is 13.3 Å². The Bertz CT molecular complexity index is 665. The maximum atomic E-state index is 2.53. The van der Waals surface area contributed by atoms with Crippen LogP contribution < -0.4 is 24.8 Å². The van der Waals surface area contributed by atoms with Crippen LogP contribution in [0.3, 0.4) is 0 Å². The molecule has 1 aromatic carbocycles. The minimum Gasteiger partial charge on any atom is -1.00 e. The van der Waals surface area contributed by atoms with Crippen molar-refractivity contribution in [1.82, 2.24) is 0 Å². The van der Waals surface area contributed by atoms with E-state index in [4.69, 9.17) is 0 Å². The smallest absolute Gasteiger partial charge is 1.00 e. The van der Waals surface area contributed by atoms with Gasteiger partial charge < -0.3 is 24.8 Å². The van der Waals surface area contributed by atoms with Gasteiger partial charge in [-0.15, -0.1) is 0 Å². The quantitative estimate of drug-likeness (QED) is 0.478. The Morgan fingerprint density at radius 2 is 1.75 bits per heavy atom. The van der Waals surface area contributed by atoms with E-state index >= 15 is 0 Å². The van der Waals surface area contributed by atoms with Crippen LogP contribution in [-0.2, 0) is 19.2 Å². The molecule has 0 amide bonds. The Labute approximate surface area is 168 Å². The van der Waals surface area contributed by atoms with E-state index in [-0.39, 0.29) is 51.9 Å². The number of allylic oxidation sites excluding steroid dienone is 5. The van der Waals surface area contributed by atoms with Crippen molar-refractivity contribution >= 4 is 14.0 Å². The third-order valence-electron chi connectivity index (χ3n) is 5.38. The average molecular weight is 413 g/mol. The summed E-state index contributed by atoms with van der Waals surface area (Å²) in [7, 11) is 0.0337. The van der Waals surface area contributed by atoms with Crippen LogP contribution in [0.25, 0.3) is 6.08 Å². The molecule has 1 saturated carbocycles. The number of rotatable bonds is 3. The molecule has 0 spiro atoms. The van der Waals surface area contributed by atoms with Crippen LogP contribution in [0, 0.1) is 11.8 Å². The van der Waals surface area contributed by atoms with Gasteiger partial charge in [0, 0.05) is 0 Å². The molecule has 0 saturated heterocycles. The molecule has 24 heavy (non-hydrogen) atoms. The molecule has 3 aliphatic rings. The molecule has 0 N–H and O–H groups in total. The minimum atomic E-state index is 0. The van der Waals surface area contributed by atoms with Crippen molar-refractivity contribution in [2.24, 2.45) is 11.8 Å². The van der Waals surface area contributed by atoms with Crippen LogP contribution in [0.15, 0.2) is 53.9 Å². The van der Waals surface area contributed by atoms with Gasteiger partial charge in [0.25, 0.3) is 0 Å². The average Bonchev–Trinajstić information content (AvgIpc) is 3.10. The van der Waals surface area contributed by atoms with Gasteiger partial charge in [-0.2, -0.15) is 0 Å². The Morgan fingerprint density at radius 1 is 1.00 bits per heavy atom. The summed E-state index contributed by atoms with van der Waals surface area (Å²) in [6.07, 6.45) is 14.9. The van der Waals surface area contributed by atoms with Crippen LogP contribution >= 0.6 is 7.92 Å². The molecule has 0 bridgehead atoms. The Morgan fingerprint density at radius 3 is 2.54 bits per heavy atom. The zero-order chi connectivity index (χ0) is 15.1. The first-order valence-electron chi connectivity index (χ1n) is 8.33. The number of halogens is 2. The van der Waals surface area contributed by atoms with Gasteiger partial charge in [-0.3, -0.25) is 0 Å².